The fourth-order valence-electron chi connectivity index (χ4n) is 6.40. The van der Waals surface area contributed by atoms with Gasteiger partial charge in [-0.2, -0.15) is 8.42 Å². The average molecular weight is 869 g/mol. The molecule has 1 saturated heterocycles. The third kappa shape index (κ3) is 31.4. The van der Waals surface area contributed by atoms with Gasteiger partial charge in [0.1, 0.15) is 30.5 Å². The molecule has 1 fully saturated rings. The van der Waals surface area contributed by atoms with E-state index in [0.717, 1.165) is 89.9 Å². The van der Waals surface area contributed by atoms with Crippen molar-refractivity contribution in [1.29, 1.82) is 0 Å². The lowest BCUT2D eigenvalue weighted by atomic mass is 9.99. The molecule has 0 aliphatic carbocycles. The molecule has 60 heavy (non-hydrogen) atoms. The summed E-state index contributed by atoms with van der Waals surface area (Å²) in [5, 5.41) is 30.7. The summed E-state index contributed by atoms with van der Waals surface area (Å²) in [5.74, 6) is -0.422. The minimum absolute atomic E-state index is 0.00730. The van der Waals surface area contributed by atoms with Crippen molar-refractivity contribution in [3.63, 3.8) is 0 Å². The van der Waals surface area contributed by atoms with Gasteiger partial charge in [-0.25, -0.2) is 4.18 Å². The van der Waals surface area contributed by atoms with Crippen molar-refractivity contribution in [2.45, 2.75) is 192 Å². The SMILES string of the molecule is CC/C=C\C/C=C\C/C=C\C/C=C\CCCCCOCC(COC1OC(CO)C(O)C(OS(=O)(=O)O)C1O)OC(=O)CCCCCCCCC/C=C\C/C=C\CCCCC. The van der Waals surface area contributed by atoms with Gasteiger partial charge < -0.3 is 34.3 Å². The molecule has 1 heterocycles. The van der Waals surface area contributed by atoms with Gasteiger partial charge in [0.2, 0.25) is 0 Å². The Bertz CT molecular complexity index is 1330. The Morgan fingerprint density at radius 3 is 1.68 bits per heavy atom. The van der Waals surface area contributed by atoms with Crippen LogP contribution in [0, 0.1) is 0 Å². The quantitative estimate of drug-likeness (QED) is 0.0200. The Kier molecular flexibility index (Phi) is 35.4. The number of aliphatic hydroxyl groups excluding tert-OH is 3. The van der Waals surface area contributed by atoms with E-state index in [-0.39, 0.29) is 19.6 Å². The van der Waals surface area contributed by atoms with Crippen LogP contribution in [0.3, 0.4) is 0 Å². The molecule has 6 atom stereocenters. The van der Waals surface area contributed by atoms with E-state index < -0.39 is 59.8 Å². The summed E-state index contributed by atoms with van der Waals surface area (Å²) in [6, 6.07) is 0. The van der Waals surface area contributed by atoms with E-state index in [0.29, 0.717) is 13.0 Å². The molecular formula is C47H80O12S. The highest BCUT2D eigenvalue weighted by molar-refractivity contribution is 7.80. The van der Waals surface area contributed by atoms with Crippen molar-refractivity contribution in [3.05, 3.63) is 72.9 Å². The van der Waals surface area contributed by atoms with Crippen LogP contribution in [0.4, 0.5) is 0 Å². The number of rotatable bonds is 38. The number of allylic oxidation sites excluding steroid dienone is 12. The highest BCUT2D eigenvalue weighted by Crippen LogP contribution is 2.26. The van der Waals surface area contributed by atoms with E-state index >= 15 is 0 Å². The summed E-state index contributed by atoms with van der Waals surface area (Å²) < 4.78 is 59.0. The molecule has 1 aliphatic heterocycles. The Morgan fingerprint density at radius 2 is 1.15 bits per heavy atom. The first-order chi connectivity index (χ1) is 29.1. The lowest BCUT2D eigenvalue weighted by Crippen LogP contribution is -2.60. The van der Waals surface area contributed by atoms with Crippen LogP contribution in [-0.2, 0) is 38.3 Å². The molecule has 13 heteroatoms. The summed E-state index contributed by atoms with van der Waals surface area (Å²) in [4.78, 5) is 12.9. The van der Waals surface area contributed by atoms with Crippen LogP contribution in [0.1, 0.15) is 155 Å². The topological polar surface area (TPSA) is 178 Å². The average Bonchev–Trinajstić information content (AvgIpc) is 3.22. The number of hydrogen-bond acceptors (Lipinski definition) is 11. The fraction of sp³-hybridized carbons (Fsp3) is 0.723. The van der Waals surface area contributed by atoms with E-state index in [4.69, 9.17) is 23.5 Å². The van der Waals surface area contributed by atoms with Crippen molar-refractivity contribution in [3.8, 4) is 0 Å². The second-order valence-electron chi connectivity index (χ2n) is 15.3. The molecule has 0 spiro atoms. The summed E-state index contributed by atoms with van der Waals surface area (Å²) in [7, 11) is -5.07. The van der Waals surface area contributed by atoms with Gasteiger partial charge >= 0.3 is 16.4 Å². The standard InChI is InChI=1S/C47H80O12S/c1-3-5-7-9-11-13-15-17-19-21-22-24-26-28-30-32-34-36-43(49)57-41(40-56-47-45(51)46(59-60(52,53)54)44(50)42(38-48)58-47)39-55-37-35-33-31-29-27-25-23-20-18-16-14-12-10-8-6-4-2/h6,8,11-14,17-20,25,27,41-42,44-48,50-51H,3-5,7,9-10,15-16,21-24,26,28-40H2,1-2H3,(H,52,53,54)/b8-6-,13-11-,14-12-,19-17-,20-18-,27-25-. The number of aliphatic hydroxyl groups is 3. The second kappa shape index (κ2) is 38.2. The van der Waals surface area contributed by atoms with Crippen LogP contribution in [-0.4, -0.2) is 97.5 Å². The van der Waals surface area contributed by atoms with Crippen molar-refractivity contribution in [1.82, 2.24) is 0 Å². The smallest absolute Gasteiger partial charge is 0.397 e. The lowest BCUT2D eigenvalue weighted by Gasteiger charge is -2.41. The molecule has 4 N–H and O–H groups in total. The molecule has 1 aliphatic rings. The summed E-state index contributed by atoms with van der Waals surface area (Å²) in [6.07, 6.45) is 39.3. The van der Waals surface area contributed by atoms with Gasteiger partial charge in [-0.05, 0) is 83.5 Å². The van der Waals surface area contributed by atoms with E-state index in [9.17, 15) is 28.5 Å². The van der Waals surface area contributed by atoms with Crippen LogP contribution in [0.5, 0.6) is 0 Å². The zero-order valence-corrected chi connectivity index (χ0v) is 37.6. The molecule has 346 valence electrons. The molecule has 6 unspecified atom stereocenters. The zero-order chi connectivity index (χ0) is 43.9. The monoisotopic (exact) mass is 869 g/mol. The van der Waals surface area contributed by atoms with Crippen molar-refractivity contribution in [2.24, 2.45) is 0 Å². The largest absolute Gasteiger partial charge is 0.457 e. The first-order valence-corrected chi connectivity index (χ1v) is 24.1. The van der Waals surface area contributed by atoms with Crippen LogP contribution < -0.4 is 0 Å². The van der Waals surface area contributed by atoms with Crippen LogP contribution in [0.15, 0.2) is 72.9 Å². The molecule has 0 amide bonds. The number of carbonyl (C=O) groups excluding carboxylic acids is 1. The van der Waals surface area contributed by atoms with E-state index in [1.807, 2.05) is 0 Å². The number of hydrogen-bond donors (Lipinski definition) is 4. The lowest BCUT2D eigenvalue weighted by molar-refractivity contribution is -0.301. The number of unbranched alkanes of at least 4 members (excludes halogenated alkanes) is 13. The van der Waals surface area contributed by atoms with Gasteiger partial charge in [-0.15, -0.1) is 0 Å². The van der Waals surface area contributed by atoms with Crippen LogP contribution >= 0.6 is 0 Å². The van der Waals surface area contributed by atoms with Gasteiger partial charge in [-0.1, -0.05) is 138 Å². The Labute approximate surface area is 362 Å². The molecule has 0 aromatic heterocycles. The minimum atomic E-state index is -5.07. The van der Waals surface area contributed by atoms with Crippen molar-refractivity contribution >= 4 is 16.4 Å². The Balaban J connectivity index is 2.47. The molecular weight excluding hydrogens is 789 g/mol. The normalized spacial score (nSPS) is 20.9. The molecule has 12 nitrogen and oxygen atoms in total. The van der Waals surface area contributed by atoms with Crippen LogP contribution in [0.2, 0.25) is 0 Å². The molecule has 0 aromatic rings. The summed E-state index contributed by atoms with van der Waals surface area (Å²) in [5.41, 5.74) is 0. The van der Waals surface area contributed by atoms with Gasteiger partial charge in [0.15, 0.2) is 6.29 Å². The number of carbonyl (C=O) groups is 1. The zero-order valence-electron chi connectivity index (χ0n) is 36.7. The van der Waals surface area contributed by atoms with E-state index in [1.165, 1.54) is 38.5 Å². The summed E-state index contributed by atoms with van der Waals surface area (Å²) >= 11 is 0. The number of esters is 1. The predicted octanol–water partition coefficient (Wildman–Crippen LogP) is 9.52. The van der Waals surface area contributed by atoms with Gasteiger partial charge in [0, 0.05) is 13.0 Å². The van der Waals surface area contributed by atoms with Crippen molar-refractivity contribution < 1.29 is 56.2 Å². The highest BCUT2D eigenvalue weighted by atomic mass is 32.3. The molecule has 1 rings (SSSR count). The molecule has 0 bridgehead atoms. The molecule has 0 saturated carbocycles. The molecule has 0 aromatic carbocycles. The maximum atomic E-state index is 12.9. The fourth-order valence-corrected chi connectivity index (χ4v) is 6.91. The van der Waals surface area contributed by atoms with Crippen LogP contribution in [0.25, 0.3) is 0 Å². The highest BCUT2D eigenvalue weighted by Gasteiger charge is 2.48. The Morgan fingerprint density at radius 1 is 0.650 bits per heavy atom. The summed E-state index contributed by atoms with van der Waals surface area (Å²) in [6.45, 7) is 3.74. The minimum Gasteiger partial charge on any atom is -0.457 e. The van der Waals surface area contributed by atoms with Crippen molar-refractivity contribution in [2.75, 3.05) is 26.4 Å². The predicted molar refractivity (Wildman–Crippen MR) is 239 cm³/mol. The molecule has 0 radical (unpaired) electrons. The van der Waals surface area contributed by atoms with Gasteiger partial charge in [0.05, 0.1) is 19.8 Å². The van der Waals surface area contributed by atoms with Gasteiger partial charge in [0.25, 0.3) is 0 Å². The third-order valence-electron chi connectivity index (χ3n) is 9.81. The maximum absolute atomic E-state index is 12.9. The number of ether oxygens (including phenoxy) is 4. The second-order valence-corrected chi connectivity index (χ2v) is 16.3. The first kappa shape index (κ1) is 55.6. The van der Waals surface area contributed by atoms with E-state index in [1.54, 1.807) is 0 Å². The first-order valence-electron chi connectivity index (χ1n) is 22.7. The maximum Gasteiger partial charge on any atom is 0.397 e. The Hall–Kier alpha value is -2.46. The third-order valence-corrected chi connectivity index (χ3v) is 10.3. The van der Waals surface area contributed by atoms with Gasteiger partial charge in [-0.3, -0.25) is 9.35 Å². The van der Waals surface area contributed by atoms with E-state index in [2.05, 4.69) is 90.9 Å².